The molecule has 0 aliphatic carbocycles. The van der Waals surface area contributed by atoms with Crippen molar-refractivity contribution in [2.45, 2.75) is 26.1 Å². The Labute approximate surface area is 97.6 Å². The largest absolute Gasteiger partial charge is 0.392 e. The molecule has 0 bridgehead atoms. The Morgan fingerprint density at radius 3 is 2.69 bits per heavy atom. The van der Waals surface area contributed by atoms with Gasteiger partial charge in [-0.1, -0.05) is 43.3 Å². The van der Waals surface area contributed by atoms with Crippen LogP contribution in [0.3, 0.4) is 0 Å². The van der Waals surface area contributed by atoms with E-state index in [1.165, 1.54) is 0 Å². The minimum atomic E-state index is -0.353. The maximum absolute atomic E-state index is 9.66. The van der Waals surface area contributed by atoms with E-state index in [-0.39, 0.29) is 12.0 Å². The summed E-state index contributed by atoms with van der Waals surface area (Å²) in [7, 11) is 0. The van der Waals surface area contributed by atoms with E-state index in [1.807, 2.05) is 37.3 Å². The average Bonchev–Trinajstić information content (AvgIpc) is 2.30. The van der Waals surface area contributed by atoms with E-state index in [0.29, 0.717) is 19.6 Å². The van der Waals surface area contributed by atoms with E-state index >= 15 is 0 Å². The van der Waals surface area contributed by atoms with Gasteiger partial charge in [-0.3, -0.25) is 0 Å². The molecule has 1 N–H and O–H groups in total. The van der Waals surface area contributed by atoms with Gasteiger partial charge in [0.05, 0.1) is 19.3 Å². The Kier molecular flexibility index (Phi) is 5.83. The lowest BCUT2D eigenvalue weighted by molar-refractivity contribution is 0.0303. The molecule has 0 unspecified atom stereocenters. The SMILES string of the molecule is C=CC[C@H](O)[C@H](C)COCc1ccccc1. The van der Waals surface area contributed by atoms with Gasteiger partial charge < -0.3 is 9.84 Å². The Balaban J connectivity index is 2.22. The van der Waals surface area contributed by atoms with Crippen LogP contribution in [0.15, 0.2) is 43.0 Å². The highest BCUT2D eigenvalue weighted by molar-refractivity contribution is 5.13. The minimum Gasteiger partial charge on any atom is -0.392 e. The molecule has 0 saturated heterocycles. The highest BCUT2D eigenvalue weighted by Gasteiger charge is 2.12. The van der Waals surface area contributed by atoms with Gasteiger partial charge in [-0.25, -0.2) is 0 Å². The van der Waals surface area contributed by atoms with E-state index in [4.69, 9.17) is 4.74 Å². The first-order valence-electron chi connectivity index (χ1n) is 5.64. The molecule has 16 heavy (non-hydrogen) atoms. The van der Waals surface area contributed by atoms with Gasteiger partial charge in [-0.2, -0.15) is 0 Å². The number of hydrogen-bond acceptors (Lipinski definition) is 2. The lowest BCUT2D eigenvalue weighted by Gasteiger charge is -2.17. The summed E-state index contributed by atoms with van der Waals surface area (Å²) in [6.45, 7) is 6.77. The van der Waals surface area contributed by atoms with Crippen molar-refractivity contribution in [2.24, 2.45) is 5.92 Å². The molecule has 0 aromatic heterocycles. The summed E-state index contributed by atoms with van der Waals surface area (Å²) in [5, 5.41) is 9.66. The molecule has 0 spiro atoms. The summed E-state index contributed by atoms with van der Waals surface area (Å²) in [5.41, 5.74) is 1.16. The summed E-state index contributed by atoms with van der Waals surface area (Å²) >= 11 is 0. The number of rotatable bonds is 7. The molecule has 2 heteroatoms. The third-order valence-electron chi connectivity index (χ3n) is 2.56. The predicted molar refractivity (Wildman–Crippen MR) is 66.1 cm³/mol. The fraction of sp³-hybridized carbons (Fsp3) is 0.429. The minimum absolute atomic E-state index is 0.140. The second-order valence-electron chi connectivity index (χ2n) is 4.07. The second-order valence-corrected chi connectivity index (χ2v) is 4.07. The average molecular weight is 220 g/mol. The molecule has 0 heterocycles. The van der Waals surface area contributed by atoms with Crippen molar-refractivity contribution in [1.29, 1.82) is 0 Å². The zero-order valence-corrected chi connectivity index (χ0v) is 9.80. The number of hydrogen-bond donors (Lipinski definition) is 1. The molecule has 2 atom stereocenters. The van der Waals surface area contributed by atoms with Crippen molar-refractivity contribution in [2.75, 3.05) is 6.61 Å². The summed E-state index contributed by atoms with van der Waals surface area (Å²) in [6.07, 6.45) is 2.00. The van der Waals surface area contributed by atoms with Gasteiger partial charge in [0.15, 0.2) is 0 Å². The first kappa shape index (κ1) is 12.9. The zero-order chi connectivity index (χ0) is 11.8. The normalized spacial score (nSPS) is 14.4. The van der Waals surface area contributed by atoms with Crippen molar-refractivity contribution in [3.8, 4) is 0 Å². The second kappa shape index (κ2) is 7.20. The van der Waals surface area contributed by atoms with Gasteiger partial charge in [-0.05, 0) is 12.0 Å². The first-order chi connectivity index (χ1) is 7.74. The van der Waals surface area contributed by atoms with Crippen LogP contribution < -0.4 is 0 Å². The Bertz CT molecular complexity index is 295. The van der Waals surface area contributed by atoms with Crippen LogP contribution in [0.5, 0.6) is 0 Å². The number of ether oxygens (including phenoxy) is 1. The van der Waals surface area contributed by atoms with Gasteiger partial charge in [0.1, 0.15) is 0 Å². The van der Waals surface area contributed by atoms with Crippen molar-refractivity contribution in [3.63, 3.8) is 0 Å². The van der Waals surface area contributed by atoms with Crippen molar-refractivity contribution in [1.82, 2.24) is 0 Å². The van der Waals surface area contributed by atoms with E-state index in [2.05, 4.69) is 6.58 Å². The van der Waals surface area contributed by atoms with E-state index in [0.717, 1.165) is 5.56 Å². The van der Waals surface area contributed by atoms with Gasteiger partial charge in [0, 0.05) is 5.92 Å². The third kappa shape index (κ3) is 4.60. The molecule has 0 radical (unpaired) electrons. The molecule has 2 nitrogen and oxygen atoms in total. The molecule has 0 aliphatic rings. The van der Waals surface area contributed by atoms with Crippen LogP contribution in [0.1, 0.15) is 18.9 Å². The zero-order valence-electron chi connectivity index (χ0n) is 9.80. The quantitative estimate of drug-likeness (QED) is 0.716. The standard InChI is InChI=1S/C14H20O2/c1-3-7-14(15)12(2)10-16-11-13-8-5-4-6-9-13/h3-6,8-9,12,14-15H,1,7,10-11H2,2H3/t12-,14+/m1/s1. The highest BCUT2D eigenvalue weighted by Crippen LogP contribution is 2.09. The number of aliphatic hydroxyl groups is 1. The van der Waals surface area contributed by atoms with Gasteiger partial charge in [-0.15, -0.1) is 6.58 Å². The molecule has 1 rings (SSSR count). The van der Waals surface area contributed by atoms with E-state index in [1.54, 1.807) is 6.08 Å². The van der Waals surface area contributed by atoms with Crippen molar-refractivity contribution < 1.29 is 9.84 Å². The molecule has 0 amide bonds. The van der Waals surface area contributed by atoms with E-state index in [9.17, 15) is 5.11 Å². The molecule has 0 saturated carbocycles. The molecule has 0 aliphatic heterocycles. The third-order valence-corrected chi connectivity index (χ3v) is 2.56. The molecular weight excluding hydrogens is 200 g/mol. The molecular formula is C14H20O2. The monoisotopic (exact) mass is 220 g/mol. The van der Waals surface area contributed by atoms with Crippen molar-refractivity contribution in [3.05, 3.63) is 48.6 Å². The summed E-state index contributed by atoms with van der Waals surface area (Å²) in [6, 6.07) is 10.0. The molecule has 88 valence electrons. The van der Waals surface area contributed by atoms with Crippen LogP contribution in [0.25, 0.3) is 0 Å². The van der Waals surface area contributed by atoms with Crippen LogP contribution in [-0.2, 0) is 11.3 Å². The van der Waals surface area contributed by atoms with Crippen LogP contribution >= 0.6 is 0 Å². The molecule has 0 fully saturated rings. The van der Waals surface area contributed by atoms with E-state index < -0.39 is 0 Å². The van der Waals surface area contributed by atoms with Crippen LogP contribution in [0.4, 0.5) is 0 Å². The van der Waals surface area contributed by atoms with Gasteiger partial charge >= 0.3 is 0 Å². The van der Waals surface area contributed by atoms with Gasteiger partial charge in [0.25, 0.3) is 0 Å². The maximum Gasteiger partial charge on any atom is 0.0717 e. The van der Waals surface area contributed by atoms with Crippen molar-refractivity contribution >= 4 is 0 Å². The predicted octanol–water partition coefficient (Wildman–Crippen LogP) is 2.78. The van der Waals surface area contributed by atoms with Crippen LogP contribution in [0, 0.1) is 5.92 Å². The molecule has 1 aromatic rings. The van der Waals surface area contributed by atoms with Crippen LogP contribution in [0.2, 0.25) is 0 Å². The fourth-order valence-electron chi connectivity index (χ4n) is 1.45. The topological polar surface area (TPSA) is 29.5 Å². The maximum atomic E-state index is 9.66. The number of aliphatic hydroxyl groups excluding tert-OH is 1. The van der Waals surface area contributed by atoms with Crippen LogP contribution in [-0.4, -0.2) is 17.8 Å². The highest BCUT2D eigenvalue weighted by atomic mass is 16.5. The fourth-order valence-corrected chi connectivity index (χ4v) is 1.45. The lowest BCUT2D eigenvalue weighted by atomic mass is 10.0. The Morgan fingerprint density at radius 1 is 1.38 bits per heavy atom. The summed E-state index contributed by atoms with van der Waals surface area (Å²) in [4.78, 5) is 0. The molecule has 1 aromatic carbocycles. The smallest absolute Gasteiger partial charge is 0.0717 e. The Hall–Kier alpha value is -1.12. The van der Waals surface area contributed by atoms with Gasteiger partial charge in [0.2, 0.25) is 0 Å². The summed E-state index contributed by atoms with van der Waals surface area (Å²) in [5.74, 6) is 0.140. The Morgan fingerprint density at radius 2 is 2.06 bits per heavy atom. The number of benzene rings is 1. The lowest BCUT2D eigenvalue weighted by Crippen LogP contribution is -2.21. The first-order valence-corrected chi connectivity index (χ1v) is 5.64. The summed E-state index contributed by atoms with van der Waals surface area (Å²) < 4.78 is 5.55.